The van der Waals surface area contributed by atoms with Gasteiger partial charge in [0.25, 0.3) is 5.91 Å². The highest BCUT2D eigenvalue weighted by Gasteiger charge is 2.11. The van der Waals surface area contributed by atoms with Crippen molar-refractivity contribution in [2.24, 2.45) is 0 Å². The fourth-order valence-corrected chi connectivity index (χ4v) is 3.05. The first-order valence-electron chi connectivity index (χ1n) is 7.48. The van der Waals surface area contributed by atoms with Crippen LogP contribution in [0.4, 0.5) is 0 Å². The summed E-state index contributed by atoms with van der Waals surface area (Å²) in [4.78, 5) is 13.3. The molecule has 0 bridgehead atoms. The van der Waals surface area contributed by atoms with E-state index in [-0.39, 0.29) is 5.91 Å². The summed E-state index contributed by atoms with van der Waals surface area (Å²) < 4.78 is 5.56. The molecule has 5 heteroatoms. The van der Waals surface area contributed by atoms with Gasteiger partial charge in [-0.05, 0) is 36.4 Å². The standard InChI is InChI=1S/C18H20ClNO2S/c1-13(2)23-17-6-4-3-5-16(17)18(21)20-11-12-22-15-9-7-14(19)8-10-15/h3-10,13H,11-12H2,1-2H3,(H,20,21). The van der Waals surface area contributed by atoms with Gasteiger partial charge in [-0.25, -0.2) is 0 Å². The molecule has 0 aromatic heterocycles. The molecule has 1 amide bonds. The molecule has 2 aromatic carbocycles. The summed E-state index contributed by atoms with van der Waals surface area (Å²) in [5, 5.41) is 3.99. The summed E-state index contributed by atoms with van der Waals surface area (Å²) in [6, 6.07) is 14.8. The zero-order valence-electron chi connectivity index (χ0n) is 13.2. The average Bonchev–Trinajstić information content (AvgIpc) is 2.53. The minimum Gasteiger partial charge on any atom is -0.492 e. The number of rotatable bonds is 7. The fraction of sp³-hybridized carbons (Fsp3) is 0.278. The summed E-state index contributed by atoms with van der Waals surface area (Å²) in [5.41, 5.74) is 0.706. The Balaban J connectivity index is 1.84. The largest absolute Gasteiger partial charge is 0.492 e. The number of halogens is 1. The molecule has 2 rings (SSSR count). The quantitative estimate of drug-likeness (QED) is 0.584. The van der Waals surface area contributed by atoms with E-state index in [4.69, 9.17) is 16.3 Å². The SMILES string of the molecule is CC(C)Sc1ccccc1C(=O)NCCOc1ccc(Cl)cc1. The Hall–Kier alpha value is -1.65. The van der Waals surface area contributed by atoms with Gasteiger partial charge in [0.05, 0.1) is 12.1 Å². The summed E-state index contributed by atoms with van der Waals surface area (Å²) in [7, 11) is 0. The summed E-state index contributed by atoms with van der Waals surface area (Å²) in [6.07, 6.45) is 0. The van der Waals surface area contributed by atoms with E-state index in [0.717, 1.165) is 10.6 Å². The van der Waals surface area contributed by atoms with Crippen LogP contribution in [-0.4, -0.2) is 24.3 Å². The fourth-order valence-electron chi connectivity index (χ4n) is 1.97. The normalized spacial score (nSPS) is 10.6. The third-order valence-corrected chi connectivity index (χ3v) is 4.30. The van der Waals surface area contributed by atoms with Gasteiger partial charge in [-0.1, -0.05) is 37.6 Å². The van der Waals surface area contributed by atoms with Crippen molar-refractivity contribution in [3.8, 4) is 5.75 Å². The van der Waals surface area contributed by atoms with Crippen LogP contribution in [0.5, 0.6) is 5.75 Å². The molecule has 0 fully saturated rings. The van der Waals surface area contributed by atoms with E-state index >= 15 is 0 Å². The lowest BCUT2D eigenvalue weighted by molar-refractivity contribution is 0.0944. The molecule has 23 heavy (non-hydrogen) atoms. The number of nitrogens with one attached hydrogen (secondary N) is 1. The molecular formula is C18H20ClNO2S. The maximum atomic E-state index is 12.3. The predicted molar refractivity (Wildman–Crippen MR) is 96.7 cm³/mol. The van der Waals surface area contributed by atoms with Gasteiger partial charge < -0.3 is 10.1 Å². The van der Waals surface area contributed by atoms with Crippen LogP contribution in [0.2, 0.25) is 5.02 Å². The van der Waals surface area contributed by atoms with Gasteiger partial charge in [-0.3, -0.25) is 4.79 Å². The lowest BCUT2D eigenvalue weighted by atomic mass is 10.2. The van der Waals surface area contributed by atoms with Crippen molar-refractivity contribution in [3.63, 3.8) is 0 Å². The average molecular weight is 350 g/mol. The highest BCUT2D eigenvalue weighted by molar-refractivity contribution is 8.00. The van der Waals surface area contributed by atoms with Crippen molar-refractivity contribution in [2.45, 2.75) is 24.0 Å². The number of benzene rings is 2. The van der Waals surface area contributed by atoms with Crippen molar-refractivity contribution in [1.29, 1.82) is 0 Å². The van der Waals surface area contributed by atoms with Crippen molar-refractivity contribution in [3.05, 3.63) is 59.1 Å². The molecule has 0 atom stereocenters. The summed E-state index contributed by atoms with van der Waals surface area (Å²) in [5.74, 6) is 0.660. The molecule has 0 radical (unpaired) electrons. The second-order valence-electron chi connectivity index (χ2n) is 5.22. The Labute approximate surface area is 146 Å². The molecule has 1 N–H and O–H groups in total. The zero-order chi connectivity index (χ0) is 16.7. The number of hydrogen-bond acceptors (Lipinski definition) is 3. The number of hydrogen-bond donors (Lipinski definition) is 1. The molecule has 0 aliphatic heterocycles. The maximum absolute atomic E-state index is 12.3. The Bertz CT molecular complexity index is 644. The Morgan fingerprint density at radius 3 is 2.57 bits per heavy atom. The third kappa shape index (κ3) is 5.81. The minimum absolute atomic E-state index is 0.0755. The van der Waals surface area contributed by atoms with E-state index in [1.807, 2.05) is 24.3 Å². The summed E-state index contributed by atoms with van der Waals surface area (Å²) in [6.45, 7) is 5.08. The number of amides is 1. The van der Waals surface area contributed by atoms with Crippen molar-refractivity contribution >= 4 is 29.3 Å². The van der Waals surface area contributed by atoms with Crippen molar-refractivity contribution in [2.75, 3.05) is 13.2 Å². The van der Waals surface area contributed by atoms with Crippen LogP contribution in [0, 0.1) is 0 Å². The number of carbonyl (C=O) groups is 1. The van der Waals surface area contributed by atoms with Gasteiger partial charge >= 0.3 is 0 Å². The van der Waals surface area contributed by atoms with Gasteiger partial charge in [0.15, 0.2) is 0 Å². The monoisotopic (exact) mass is 349 g/mol. The Morgan fingerprint density at radius 1 is 1.17 bits per heavy atom. The predicted octanol–water partition coefficient (Wildman–Crippen LogP) is 4.65. The van der Waals surface area contributed by atoms with Crippen LogP contribution in [0.15, 0.2) is 53.4 Å². The van der Waals surface area contributed by atoms with E-state index in [0.29, 0.717) is 29.0 Å². The van der Waals surface area contributed by atoms with Crippen LogP contribution in [0.1, 0.15) is 24.2 Å². The van der Waals surface area contributed by atoms with Crippen LogP contribution in [0.3, 0.4) is 0 Å². The van der Waals surface area contributed by atoms with E-state index in [2.05, 4.69) is 19.2 Å². The molecule has 2 aromatic rings. The molecule has 0 aliphatic carbocycles. The molecule has 0 spiro atoms. The third-order valence-electron chi connectivity index (χ3n) is 2.96. The van der Waals surface area contributed by atoms with Crippen LogP contribution >= 0.6 is 23.4 Å². The first kappa shape index (κ1) is 17.7. The lowest BCUT2D eigenvalue weighted by Crippen LogP contribution is -2.28. The molecule has 0 unspecified atom stereocenters. The van der Waals surface area contributed by atoms with Gasteiger partial charge in [0.1, 0.15) is 12.4 Å². The molecule has 122 valence electrons. The van der Waals surface area contributed by atoms with Gasteiger partial charge in [-0.15, -0.1) is 11.8 Å². The highest BCUT2D eigenvalue weighted by Crippen LogP contribution is 2.26. The number of carbonyl (C=O) groups excluding carboxylic acids is 1. The first-order chi connectivity index (χ1) is 11.1. The smallest absolute Gasteiger partial charge is 0.252 e. The highest BCUT2D eigenvalue weighted by atomic mass is 35.5. The van der Waals surface area contributed by atoms with E-state index < -0.39 is 0 Å². The summed E-state index contributed by atoms with van der Waals surface area (Å²) >= 11 is 7.50. The minimum atomic E-state index is -0.0755. The van der Waals surface area contributed by atoms with E-state index in [9.17, 15) is 4.79 Å². The Kier molecular flexibility index (Phi) is 6.81. The molecular weight excluding hydrogens is 330 g/mol. The number of ether oxygens (including phenoxy) is 1. The second kappa shape index (κ2) is 8.85. The van der Waals surface area contributed by atoms with Crippen LogP contribution in [0.25, 0.3) is 0 Å². The van der Waals surface area contributed by atoms with Crippen molar-refractivity contribution < 1.29 is 9.53 Å². The van der Waals surface area contributed by atoms with Gasteiger partial charge in [-0.2, -0.15) is 0 Å². The zero-order valence-corrected chi connectivity index (χ0v) is 14.8. The van der Waals surface area contributed by atoms with Crippen LogP contribution < -0.4 is 10.1 Å². The second-order valence-corrected chi connectivity index (χ2v) is 7.28. The molecule has 0 saturated heterocycles. The number of thioether (sulfide) groups is 1. The van der Waals surface area contributed by atoms with E-state index in [1.54, 1.807) is 36.0 Å². The van der Waals surface area contributed by atoms with E-state index in [1.165, 1.54) is 0 Å². The lowest BCUT2D eigenvalue weighted by Gasteiger charge is -2.12. The molecule has 0 aliphatic rings. The topological polar surface area (TPSA) is 38.3 Å². The van der Waals surface area contributed by atoms with Gasteiger partial charge in [0.2, 0.25) is 0 Å². The van der Waals surface area contributed by atoms with Crippen LogP contribution in [-0.2, 0) is 0 Å². The maximum Gasteiger partial charge on any atom is 0.252 e. The molecule has 0 heterocycles. The Morgan fingerprint density at radius 2 is 1.87 bits per heavy atom. The van der Waals surface area contributed by atoms with Gasteiger partial charge in [0, 0.05) is 15.2 Å². The first-order valence-corrected chi connectivity index (χ1v) is 8.74. The molecule has 3 nitrogen and oxygen atoms in total. The molecule has 0 saturated carbocycles. The van der Waals surface area contributed by atoms with Crippen molar-refractivity contribution in [1.82, 2.24) is 5.32 Å².